The van der Waals surface area contributed by atoms with Crippen molar-refractivity contribution in [3.8, 4) is 0 Å². The van der Waals surface area contributed by atoms with Crippen molar-refractivity contribution in [3.63, 3.8) is 0 Å². The summed E-state index contributed by atoms with van der Waals surface area (Å²) in [7, 11) is 0. The fourth-order valence-corrected chi connectivity index (χ4v) is 2.17. The monoisotopic (exact) mass is 302 g/mol. The zero-order valence-electron chi connectivity index (χ0n) is 13.6. The third-order valence-electron chi connectivity index (χ3n) is 3.45. The van der Waals surface area contributed by atoms with Gasteiger partial charge in [0.2, 0.25) is 5.56 Å². The molecule has 0 fully saturated rings. The topological polar surface area (TPSA) is 79.8 Å². The molecular weight excluding hydrogens is 280 g/mol. The molecule has 0 aliphatic carbocycles. The molecule has 0 saturated carbocycles. The van der Waals surface area contributed by atoms with E-state index in [4.69, 9.17) is 0 Å². The lowest BCUT2D eigenvalue weighted by Crippen LogP contribution is -2.29. The lowest BCUT2D eigenvalue weighted by atomic mass is 10.1. The Kier molecular flexibility index (Phi) is 4.21. The number of H-pyrrole nitrogens is 1. The summed E-state index contributed by atoms with van der Waals surface area (Å²) in [6.45, 7) is 10.0. The van der Waals surface area contributed by atoms with Gasteiger partial charge in [-0.25, -0.2) is 0 Å². The Bertz CT molecular complexity index is 737. The van der Waals surface area contributed by atoms with E-state index in [2.05, 4.69) is 36.2 Å². The first-order valence-corrected chi connectivity index (χ1v) is 7.25. The summed E-state index contributed by atoms with van der Waals surface area (Å²) in [4.78, 5) is 26.0. The molecular formula is C16H22N4O2. The Morgan fingerprint density at radius 3 is 2.59 bits per heavy atom. The molecule has 6 heteroatoms. The van der Waals surface area contributed by atoms with Crippen LogP contribution in [-0.2, 0) is 5.54 Å². The largest absolute Gasteiger partial charge is 0.344 e. The molecule has 1 amide bonds. The molecule has 2 heterocycles. The minimum atomic E-state index is -0.312. The van der Waals surface area contributed by atoms with Crippen LogP contribution in [0.4, 0.5) is 0 Å². The van der Waals surface area contributed by atoms with Gasteiger partial charge < -0.3 is 10.3 Å². The van der Waals surface area contributed by atoms with E-state index in [0.717, 1.165) is 11.3 Å². The van der Waals surface area contributed by atoms with Gasteiger partial charge in [0, 0.05) is 17.8 Å². The van der Waals surface area contributed by atoms with Gasteiger partial charge in [0.25, 0.3) is 5.91 Å². The van der Waals surface area contributed by atoms with Crippen LogP contribution in [-0.4, -0.2) is 20.7 Å². The van der Waals surface area contributed by atoms with Gasteiger partial charge in [0.1, 0.15) is 5.69 Å². The van der Waals surface area contributed by atoms with Crippen LogP contribution in [0.5, 0.6) is 0 Å². The number of nitrogens with one attached hydrogen (secondary N) is 2. The van der Waals surface area contributed by atoms with Gasteiger partial charge in [0.15, 0.2) is 0 Å². The molecule has 0 radical (unpaired) electrons. The molecule has 0 saturated heterocycles. The van der Waals surface area contributed by atoms with E-state index in [1.54, 1.807) is 12.1 Å². The van der Waals surface area contributed by atoms with Crippen molar-refractivity contribution >= 4 is 5.91 Å². The number of aromatic nitrogens is 3. The number of hydrogen-bond donors (Lipinski definition) is 2. The van der Waals surface area contributed by atoms with Crippen molar-refractivity contribution in [2.75, 3.05) is 0 Å². The number of pyridine rings is 1. The highest BCUT2D eigenvalue weighted by Crippen LogP contribution is 2.21. The number of aryl methyl sites for hydroxylation is 1. The van der Waals surface area contributed by atoms with Gasteiger partial charge in [-0.2, -0.15) is 5.10 Å². The highest BCUT2D eigenvalue weighted by atomic mass is 16.2. The predicted octanol–water partition coefficient (Wildman–Crippen LogP) is 2.13. The molecule has 0 bridgehead atoms. The smallest absolute Gasteiger partial charge is 0.268 e. The fourth-order valence-electron chi connectivity index (χ4n) is 2.17. The zero-order valence-corrected chi connectivity index (χ0v) is 13.6. The molecule has 6 nitrogen and oxygen atoms in total. The SMILES string of the molecule is Cc1nn(C(C)(C)C)cc1C(C)NC(=O)c1cccc(=O)[nH]1. The molecule has 0 aromatic carbocycles. The first kappa shape index (κ1) is 16.0. The molecule has 0 spiro atoms. The third kappa shape index (κ3) is 3.44. The summed E-state index contributed by atoms with van der Waals surface area (Å²) < 4.78 is 1.89. The van der Waals surface area contributed by atoms with Gasteiger partial charge in [-0.1, -0.05) is 6.07 Å². The van der Waals surface area contributed by atoms with Crippen LogP contribution in [0.15, 0.2) is 29.2 Å². The van der Waals surface area contributed by atoms with Gasteiger partial charge in [0.05, 0.1) is 17.3 Å². The average molecular weight is 302 g/mol. The molecule has 1 unspecified atom stereocenters. The van der Waals surface area contributed by atoms with Crippen molar-refractivity contribution in [1.29, 1.82) is 0 Å². The standard InChI is InChI=1S/C16H22N4O2/c1-10(12-9-20(16(3,4)5)19-11(12)2)17-15(22)13-7-6-8-14(21)18-13/h6-10H,1-5H3,(H,17,22)(H,18,21). The minimum absolute atomic E-state index is 0.114. The average Bonchev–Trinajstić information content (AvgIpc) is 2.81. The molecule has 2 rings (SSSR count). The fraction of sp³-hybridized carbons (Fsp3) is 0.438. The number of carbonyl (C=O) groups excluding carboxylic acids is 1. The van der Waals surface area contributed by atoms with E-state index in [1.807, 2.05) is 24.7 Å². The molecule has 2 aromatic rings. The number of carbonyl (C=O) groups is 1. The normalized spacial score (nSPS) is 13.0. The number of rotatable bonds is 3. The molecule has 1 atom stereocenters. The number of nitrogens with zero attached hydrogens (tertiary/aromatic N) is 2. The number of amides is 1. The Morgan fingerprint density at radius 2 is 2.05 bits per heavy atom. The number of hydrogen-bond acceptors (Lipinski definition) is 3. The molecule has 0 aliphatic rings. The Labute approximate surface area is 129 Å². The van der Waals surface area contributed by atoms with Gasteiger partial charge in [-0.05, 0) is 40.7 Å². The second kappa shape index (κ2) is 5.79. The summed E-state index contributed by atoms with van der Waals surface area (Å²) >= 11 is 0. The summed E-state index contributed by atoms with van der Waals surface area (Å²) in [5.74, 6) is -0.312. The van der Waals surface area contributed by atoms with Gasteiger partial charge >= 0.3 is 0 Å². The second-order valence-corrected chi connectivity index (χ2v) is 6.41. The maximum atomic E-state index is 12.2. The molecule has 2 aromatic heterocycles. The van der Waals surface area contributed by atoms with Crippen molar-refractivity contribution in [2.45, 2.75) is 46.2 Å². The van der Waals surface area contributed by atoms with Gasteiger partial charge in [-0.3, -0.25) is 14.3 Å². The van der Waals surface area contributed by atoms with E-state index in [-0.39, 0.29) is 28.7 Å². The van der Waals surface area contributed by atoms with Crippen LogP contribution < -0.4 is 10.9 Å². The highest BCUT2D eigenvalue weighted by Gasteiger charge is 2.20. The summed E-state index contributed by atoms with van der Waals surface area (Å²) in [6.07, 6.45) is 1.95. The Hall–Kier alpha value is -2.37. The number of aromatic amines is 1. The van der Waals surface area contributed by atoms with E-state index < -0.39 is 0 Å². The highest BCUT2D eigenvalue weighted by molar-refractivity contribution is 5.92. The van der Waals surface area contributed by atoms with E-state index in [0.29, 0.717) is 0 Å². The van der Waals surface area contributed by atoms with Crippen LogP contribution in [0.2, 0.25) is 0 Å². The van der Waals surface area contributed by atoms with Crippen molar-refractivity contribution in [3.05, 3.63) is 51.7 Å². The lowest BCUT2D eigenvalue weighted by Gasteiger charge is -2.19. The van der Waals surface area contributed by atoms with Crippen molar-refractivity contribution < 1.29 is 4.79 Å². The zero-order chi connectivity index (χ0) is 16.5. The van der Waals surface area contributed by atoms with Gasteiger partial charge in [-0.15, -0.1) is 0 Å². The lowest BCUT2D eigenvalue weighted by molar-refractivity contribution is 0.0934. The van der Waals surface area contributed by atoms with Crippen LogP contribution in [0.25, 0.3) is 0 Å². The molecule has 0 aliphatic heterocycles. The van der Waals surface area contributed by atoms with Crippen LogP contribution in [0, 0.1) is 6.92 Å². The predicted molar refractivity (Wildman–Crippen MR) is 84.9 cm³/mol. The Balaban J connectivity index is 2.19. The minimum Gasteiger partial charge on any atom is -0.344 e. The summed E-state index contributed by atoms with van der Waals surface area (Å²) in [5, 5.41) is 7.39. The molecule has 2 N–H and O–H groups in total. The van der Waals surface area contributed by atoms with E-state index in [1.165, 1.54) is 6.07 Å². The van der Waals surface area contributed by atoms with E-state index in [9.17, 15) is 9.59 Å². The quantitative estimate of drug-likeness (QED) is 0.911. The summed E-state index contributed by atoms with van der Waals surface area (Å²) in [6, 6.07) is 4.31. The van der Waals surface area contributed by atoms with Crippen LogP contribution in [0.1, 0.15) is 55.5 Å². The maximum absolute atomic E-state index is 12.2. The third-order valence-corrected chi connectivity index (χ3v) is 3.45. The molecule has 22 heavy (non-hydrogen) atoms. The first-order chi connectivity index (χ1) is 10.2. The summed E-state index contributed by atoms with van der Waals surface area (Å²) in [5.41, 5.74) is 1.68. The van der Waals surface area contributed by atoms with Crippen LogP contribution in [0.3, 0.4) is 0 Å². The maximum Gasteiger partial charge on any atom is 0.268 e. The Morgan fingerprint density at radius 1 is 1.36 bits per heavy atom. The first-order valence-electron chi connectivity index (χ1n) is 7.25. The van der Waals surface area contributed by atoms with E-state index >= 15 is 0 Å². The van der Waals surface area contributed by atoms with Crippen molar-refractivity contribution in [2.24, 2.45) is 0 Å². The van der Waals surface area contributed by atoms with Crippen LogP contribution >= 0.6 is 0 Å². The second-order valence-electron chi connectivity index (χ2n) is 6.41. The molecule has 118 valence electrons. The van der Waals surface area contributed by atoms with Crippen molar-refractivity contribution in [1.82, 2.24) is 20.1 Å².